The molecular formula is C9H20N2S. The predicted molar refractivity (Wildman–Crippen MR) is 56.9 cm³/mol. The van der Waals surface area contributed by atoms with E-state index in [1.54, 1.807) is 0 Å². The largest absolute Gasteiger partial charge is 0.315 e. The van der Waals surface area contributed by atoms with Crippen LogP contribution in [-0.4, -0.2) is 49.1 Å². The van der Waals surface area contributed by atoms with E-state index < -0.39 is 0 Å². The van der Waals surface area contributed by atoms with Crippen molar-refractivity contribution in [2.24, 2.45) is 0 Å². The number of hydrogen-bond donors (Lipinski definition) is 1. The lowest BCUT2D eigenvalue weighted by Gasteiger charge is -2.26. The molecule has 0 spiro atoms. The summed E-state index contributed by atoms with van der Waals surface area (Å²) in [5.41, 5.74) is 0. The molecule has 0 amide bonds. The lowest BCUT2D eigenvalue weighted by Crippen LogP contribution is -2.39. The first-order valence-corrected chi connectivity index (χ1v) is 5.88. The van der Waals surface area contributed by atoms with Gasteiger partial charge < -0.3 is 10.2 Å². The van der Waals surface area contributed by atoms with Crippen molar-refractivity contribution in [1.82, 2.24) is 10.2 Å². The summed E-state index contributed by atoms with van der Waals surface area (Å²) in [4.78, 5) is 2.44. The van der Waals surface area contributed by atoms with Gasteiger partial charge in [-0.3, -0.25) is 0 Å². The Labute approximate surface area is 80.1 Å². The SMILES string of the molecule is CCCN(C)CC1CNCCS1. The van der Waals surface area contributed by atoms with Gasteiger partial charge in [-0.25, -0.2) is 0 Å². The number of rotatable bonds is 4. The zero-order chi connectivity index (χ0) is 8.81. The maximum atomic E-state index is 3.43. The molecule has 1 aliphatic heterocycles. The molecule has 72 valence electrons. The van der Waals surface area contributed by atoms with E-state index in [2.05, 4.69) is 35.9 Å². The zero-order valence-electron chi connectivity index (χ0n) is 8.18. The second-order valence-electron chi connectivity index (χ2n) is 3.46. The van der Waals surface area contributed by atoms with E-state index in [4.69, 9.17) is 0 Å². The molecule has 2 nitrogen and oxygen atoms in total. The van der Waals surface area contributed by atoms with Crippen molar-refractivity contribution in [3.05, 3.63) is 0 Å². The Hall–Kier alpha value is 0.270. The molecular weight excluding hydrogens is 168 g/mol. The lowest BCUT2D eigenvalue weighted by molar-refractivity contribution is 0.331. The van der Waals surface area contributed by atoms with E-state index in [0.29, 0.717) is 0 Å². The molecule has 12 heavy (non-hydrogen) atoms. The fourth-order valence-corrected chi connectivity index (χ4v) is 2.75. The molecule has 1 N–H and O–H groups in total. The van der Waals surface area contributed by atoms with Crippen molar-refractivity contribution < 1.29 is 0 Å². The molecule has 0 bridgehead atoms. The number of hydrogen-bond acceptors (Lipinski definition) is 3. The van der Waals surface area contributed by atoms with E-state index >= 15 is 0 Å². The van der Waals surface area contributed by atoms with Crippen molar-refractivity contribution in [3.63, 3.8) is 0 Å². The van der Waals surface area contributed by atoms with Crippen LogP contribution in [0.25, 0.3) is 0 Å². The highest BCUT2D eigenvalue weighted by Gasteiger charge is 2.14. The highest BCUT2D eigenvalue weighted by molar-refractivity contribution is 8.00. The fourth-order valence-electron chi connectivity index (χ4n) is 1.56. The number of nitrogens with zero attached hydrogens (tertiary/aromatic N) is 1. The highest BCUT2D eigenvalue weighted by atomic mass is 32.2. The van der Waals surface area contributed by atoms with Crippen LogP contribution in [0.1, 0.15) is 13.3 Å². The van der Waals surface area contributed by atoms with E-state index in [1.165, 1.54) is 38.4 Å². The van der Waals surface area contributed by atoms with E-state index in [1.807, 2.05) is 0 Å². The maximum Gasteiger partial charge on any atom is 0.0300 e. The normalized spacial score (nSPS) is 24.8. The number of nitrogens with one attached hydrogen (secondary N) is 1. The third-order valence-corrected chi connectivity index (χ3v) is 3.35. The van der Waals surface area contributed by atoms with Gasteiger partial charge >= 0.3 is 0 Å². The van der Waals surface area contributed by atoms with Gasteiger partial charge in [0.1, 0.15) is 0 Å². The summed E-state index contributed by atoms with van der Waals surface area (Å²) in [7, 11) is 2.22. The standard InChI is InChI=1S/C9H20N2S/c1-3-5-11(2)8-9-7-10-4-6-12-9/h9-10H,3-8H2,1-2H3. The predicted octanol–water partition coefficient (Wildman–Crippen LogP) is 1.03. The topological polar surface area (TPSA) is 15.3 Å². The van der Waals surface area contributed by atoms with Gasteiger partial charge in [-0.2, -0.15) is 11.8 Å². The molecule has 3 heteroatoms. The third kappa shape index (κ3) is 3.78. The van der Waals surface area contributed by atoms with Crippen LogP contribution < -0.4 is 5.32 Å². The Morgan fingerprint density at radius 3 is 3.00 bits per heavy atom. The maximum absolute atomic E-state index is 3.43. The van der Waals surface area contributed by atoms with Crippen molar-refractivity contribution in [2.75, 3.05) is 39.0 Å². The van der Waals surface area contributed by atoms with Gasteiger partial charge in [0, 0.05) is 30.6 Å². The minimum Gasteiger partial charge on any atom is -0.315 e. The quantitative estimate of drug-likeness (QED) is 0.709. The van der Waals surface area contributed by atoms with E-state index in [-0.39, 0.29) is 0 Å². The van der Waals surface area contributed by atoms with Crippen LogP contribution in [0.3, 0.4) is 0 Å². The summed E-state index contributed by atoms with van der Waals surface area (Å²) >= 11 is 2.11. The molecule has 1 atom stereocenters. The highest BCUT2D eigenvalue weighted by Crippen LogP contribution is 2.13. The summed E-state index contributed by atoms with van der Waals surface area (Å²) in [6.45, 7) is 7.10. The molecule has 0 radical (unpaired) electrons. The first-order valence-electron chi connectivity index (χ1n) is 4.83. The molecule has 0 aromatic carbocycles. The van der Waals surface area contributed by atoms with Gasteiger partial charge in [-0.15, -0.1) is 0 Å². The van der Waals surface area contributed by atoms with E-state index in [0.717, 1.165) is 5.25 Å². The summed E-state index contributed by atoms with van der Waals surface area (Å²) in [5.74, 6) is 1.28. The average molecular weight is 188 g/mol. The summed E-state index contributed by atoms with van der Waals surface area (Å²) in [6, 6.07) is 0. The van der Waals surface area contributed by atoms with Crippen molar-refractivity contribution in [3.8, 4) is 0 Å². The van der Waals surface area contributed by atoms with Gasteiger partial charge in [0.25, 0.3) is 0 Å². The molecule has 0 saturated carbocycles. The van der Waals surface area contributed by atoms with Crippen LogP contribution in [0.5, 0.6) is 0 Å². The van der Waals surface area contributed by atoms with Crippen molar-refractivity contribution in [1.29, 1.82) is 0 Å². The van der Waals surface area contributed by atoms with Gasteiger partial charge in [0.15, 0.2) is 0 Å². The Morgan fingerprint density at radius 1 is 1.58 bits per heavy atom. The minimum absolute atomic E-state index is 0.815. The van der Waals surface area contributed by atoms with Crippen LogP contribution >= 0.6 is 11.8 Å². The first kappa shape index (κ1) is 10.4. The second kappa shape index (κ2) is 5.84. The van der Waals surface area contributed by atoms with Gasteiger partial charge in [0.2, 0.25) is 0 Å². The van der Waals surface area contributed by atoms with Crippen LogP contribution in [0.15, 0.2) is 0 Å². The second-order valence-corrected chi connectivity index (χ2v) is 4.87. The molecule has 0 aromatic heterocycles. The Kier molecular flexibility index (Phi) is 5.04. The minimum atomic E-state index is 0.815. The van der Waals surface area contributed by atoms with Crippen molar-refractivity contribution >= 4 is 11.8 Å². The smallest absolute Gasteiger partial charge is 0.0300 e. The van der Waals surface area contributed by atoms with Crippen LogP contribution in [-0.2, 0) is 0 Å². The third-order valence-electron chi connectivity index (χ3n) is 2.13. The van der Waals surface area contributed by atoms with E-state index in [9.17, 15) is 0 Å². The first-order chi connectivity index (χ1) is 5.83. The van der Waals surface area contributed by atoms with Crippen LogP contribution in [0.4, 0.5) is 0 Å². The van der Waals surface area contributed by atoms with Crippen LogP contribution in [0, 0.1) is 0 Å². The average Bonchev–Trinajstić information content (AvgIpc) is 2.06. The fraction of sp³-hybridized carbons (Fsp3) is 1.00. The van der Waals surface area contributed by atoms with Gasteiger partial charge in [0.05, 0.1) is 0 Å². The molecule has 1 saturated heterocycles. The van der Waals surface area contributed by atoms with Crippen LogP contribution in [0.2, 0.25) is 0 Å². The lowest BCUT2D eigenvalue weighted by atomic mass is 10.3. The molecule has 1 rings (SSSR count). The van der Waals surface area contributed by atoms with Crippen molar-refractivity contribution in [2.45, 2.75) is 18.6 Å². The summed E-state index contributed by atoms with van der Waals surface area (Å²) < 4.78 is 0. The molecule has 1 heterocycles. The Bertz CT molecular complexity index is 113. The molecule has 0 aliphatic carbocycles. The molecule has 0 aromatic rings. The summed E-state index contributed by atoms with van der Waals surface area (Å²) in [5, 5.41) is 4.25. The summed E-state index contributed by atoms with van der Waals surface area (Å²) in [6.07, 6.45) is 1.27. The molecule has 1 fully saturated rings. The Morgan fingerprint density at radius 2 is 2.42 bits per heavy atom. The molecule has 1 unspecified atom stereocenters. The molecule has 1 aliphatic rings. The Balaban J connectivity index is 2.11. The van der Waals surface area contributed by atoms with Gasteiger partial charge in [-0.1, -0.05) is 6.92 Å². The zero-order valence-corrected chi connectivity index (χ0v) is 8.99. The number of thioether (sulfide) groups is 1. The van der Waals surface area contributed by atoms with Gasteiger partial charge in [-0.05, 0) is 20.0 Å². The monoisotopic (exact) mass is 188 g/mol.